The van der Waals surface area contributed by atoms with Crippen LogP contribution in [0.4, 0.5) is 5.82 Å². The fraction of sp³-hybridized carbons (Fsp3) is 0.150. The van der Waals surface area contributed by atoms with Gasteiger partial charge in [-0.1, -0.05) is 65.8 Å². The van der Waals surface area contributed by atoms with E-state index in [1.54, 1.807) is 0 Å². The quantitative estimate of drug-likeness (QED) is 0.440. The van der Waals surface area contributed by atoms with Crippen molar-refractivity contribution < 1.29 is 4.79 Å². The molecule has 0 unspecified atom stereocenters. The summed E-state index contributed by atoms with van der Waals surface area (Å²) in [5.41, 5.74) is 2.18. The number of nitrogens with zero attached hydrogens (tertiary/aromatic N) is 2. The lowest BCUT2D eigenvalue weighted by Crippen LogP contribution is -2.24. The Kier molecular flexibility index (Phi) is 7.07. The molecule has 0 aliphatic carbocycles. The second-order valence-corrected chi connectivity index (χ2v) is 7.20. The summed E-state index contributed by atoms with van der Waals surface area (Å²) in [7, 11) is 0. The summed E-state index contributed by atoms with van der Waals surface area (Å²) in [6.45, 7) is 1.16. The van der Waals surface area contributed by atoms with Crippen molar-refractivity contribution in [3.8, 4) is 0 Å². The van der Waals surface area contributed by atoms with Crippen molar-refractivity contribution in [3.05, 3.63) is 83.1 Å². The highest BCUT2D eigenvalue weighted by Crippen LogP contribution is 2.18. The van der Waals surface area contributed by atoms with Crippen molar-refractivity contribution in [2.24, 2.45) is 0 Å². The Hall–Kier alpha value is -2.57. The van der Waals surface area contributed by atoms with Crippen molar-refractivity contribution in [2.45, 2.75) is 18.1 Å². The van der Waals surface area contributed by atoms with Gasteiger partial charge in [0.05, 0.1) is 5.75 Å². The number of halogens is 1. The molecule has 138 valence electrons. The van der Waals surface area contributed by atoms with Crippen LogP contribution in [0.1, 0.15) is 11.1 Å². The number of nitrogens with one attached hydrogen (secondary N) is 2. The predicted molar refractivity (Wildman–Crippen MR) is 110 cm³/mol. The van der Waals surface area contributed by atoms with Gasteiger partial charge < -0.3 is 10.6 Å². The van der Waals surface area contributed by atoms with Gasteiger partial charge in [-0.05, 0) is 23.3 Å². The number of hydrogen-bond donors (Lipinski definition) is 2. The third-order valence-electron chi connectivity index (χ3n) is 3.71. The fourth-order valence-electron chi connectivity index (χ4n) is 2.30. The van der Waals surface area contributed by atoms with Gasteiger partial charge in [-0.3, -0.25) is 4.79 Å². The Morgan fingerprint density at radius 2 is 1.70 bits per heavy atom. The number of amides is 1. The monoisotopic (exact) mass is 398 g/mol. The van der Waals surface area contributed by atoms with Gasteiger partial charge in [-0.2, -0.15) is 0 Å². The van der Waals surface area contributed by atoms with Crippen molar-refractivity contribution >= 4 is 35.1 Å². The molecule has 0 radical (unpaired) electrons. The molecule has 1 aromatic heterocycles. The second-order valence-electron chi connectivity index (χ2n) is 5.77. The summed E-state index contributed by atoms with van der Waals surface area (Å²) in [6, 6.07) is 19.3. The first-order valence-corrected chi connectivity index (χ1v) is 9.79. The van der Waals surface area contributed by atoms with E-state index in [1.165, 1.54) is 18.1 Å². The normalized spacial score (nSPS) is 10.4. The Bertz CT molecular complexity index is 875. The molecule has 5 nitrogen and oxygen atoms in total. The molecule has 0 spiro atoms. The van der Waals surface area contributed by atoms with Gasteiger partial charge in [0.15, 0.2) is 0 Å². The van der Waals surface area contributed by atoms with E-state index in [2.05, 4.69) is 20.6 Å². The lowest BCUT2D eigenvalue weighted by atomic mass is 10.2. The van der Waals surface area contributed by atoms with E-state index in [-0.39, 0.29) is 5.91 Å². The number of anilines is 1. The summed E-state index contributed by atoms with van der Waals surface area (Å²) < 4.78 is 0. The molecule has 1 amide bonds. The summed E-state index contributed by atoms with van der Waals surface area (Å²) in [5.74, 6) is 0.991. The maximum Gasteiger partial charge on any atom is 0.230 e. The number of benzene rings is 2. The Labute approximate surface area is 167 Å². The van der Waals surface area contributed by atoms with E-state index < -0.39 is 0 Å². The number of hydrogen-bond acceptors (Lipinski definition) is 5. The lowest BCUT2D eigenvalue weighted by Gasteiger charge is -2.08. The largest absolute Gasteiger partial charge is 0.366 e. The van der Waals surface area contributed by atoms with Crippen LogP contribution in [0.2, 0.25) is 5.02 Å². The Morgan fingerprint density at radius 1 is 0.963 bits per heavy atom. The van der Waals surface area contributed by atoms with Crippen molar-refractivity contribution in [3.63, 3.8) is 0 Å². The van der Waals surface area contributed by atoms with Gasteiger partial charge in [0.1, 0.15) is 17.2 Å². The highest BCUT2D eigenvalue weighted by Gasteiger charge is 2.05. The zero-order chi connectivity index (χ0) is 18.9. The average Bonchev–Trinajstić information content (AvgIpc) is 2.71. The third kappa shape index (κ3) is 6.58. The topological polar surface area (TPSA) is 66.9 Å². The smallest absolute Gasteiger partial charge is 0.230 e. The predicted octanol–water partition coefficient (Wildman–Crippen LogP) is 4.15. The van der Waals surface area contributed by atoms with Crippen LogP contribution in [-0.2, 0) is 17.9 Å². The first-order valence-electron chi connectivity index (χ1n) is 8.43. The molecular formula is C20H19ClN4OS. The van der Waals surface area contributed by atoms with Crippen LogP contribution < -0.4 is 10.6 Å². The minimum atomic E-state index is -0.0295. The number of carbonyl (C=O) groups is 1. The van der Waals surface area contributed by atoms with Crippen LogP contribution in [0.5, 0.6) is 0 Å². The summed E-state index contributed by atoms with van der Waals surface area (Å²) in [4.78, 5) is 20.4. The first kappa shape index (κ1) is 19.2. The van der Waals surface area contributed by atoms with Crippen molar-refractivity contribution in [1.82, 2.24) is 15.3 Å². The fourth-order valence-corrected chi connectivity index (χ4v) is 3.12. The molecule has 0 bridgehead atoms. The molecule has 0 aliphatic rings. The van der Waals surface area contributed by atoms with Crippen LogP contribution in [0.25, 0.3) is 0 Å². The Morgan fingerprint density at radius 3 is 2.48 bits per heavy atom. The van der Waals surface area contributed by atoms with Gasteiger partial charge in [-0.25, -0.2) is 9.97 Å². The molecule has 0 saturated heterocycles. The standard InChI is InChI=1S/C20H19ClN4OS/c21-17-8-6-16(7-9-17)11-22-18-10-20(25-14-24-18)27-13-19(26)23-12-15-4-2-1-3-5-15/h1-10,14H,11-13H2,(H,23,26)(H,22,24,25). The van der Waals surface area contributed by atoms with Crippen molar-refractivity contribution in [2.75, 3.05) is 11.1 Å². The van der Waals surface area contributed by atoms with E-state index >= 15 is 0 Å². The molecule has 3 aromatic rings. The van der Waals surface area contributed by atoms with Gasteiger partial charge in [0.2, 0.25) is 5.91 Å². The van der Waals surface area contributed by atoms with Crippen LogP contribution in [0.3, 0.4) is 0 Å². The lowest BCUT2D eigenvalue weighted by molar-refractivity contribution is -0.118. The molecule has 2 aromatic carbocycles. The number of aromatic nitrogens is 2. The number of thioether (sulfide) groups is 1. The summed E-state index contributed by atoms with van der Waals surface area (Å²) >= 11 is 7.27. The van der Waals surface area contributed by atoms with Crippen molar-refractivity contribution in [1.29, 1.82) is 0 Å². The minimum absolute atomic E-state index is 0.0295. The maximum absolute atomic E-state index is 12.0. The highest BCUT2D eigenvalue weighted by atomic mass is 35.5. The van der Waals surface area contributed by atoms with Crippen LogP contribution in [0, 0.1) is 0 Å². The molecule has 7 heteroatoms. The zero-order valence-electron chi connectivity index (χ0n) is 14.6. The SMILES string of the molecule is O=C(CSc1cc(NCc2ccc(Cl)cc2)ncn1)NCc1ccccc1. The molecule has 1 heterocycles. The third-order valence-corrected chi connectivity index (χ3v) is 4.89. The zero-order valence-corrected chi connectivity index (χ0v) is 16.1. The van der Waals surface area contributed by atoms with Crippen LogP contribution in [-0.4, -0.2) is 21.6 Å². The Balaban J connectivity index is 1.45. The summed E-state index contributed by atoms with van der Waals surface area (Å²) in [5, 5.41) is 7.61. The minimum Gasteiger partial charge on any atom is -0.366 e. The molecule has 3 rings (SSSR count). The molecule has 27 heavy (non-hydrogen) atoms. The van der Waals surface area contributed by atoms with Gasteiger partial charge in [0.25, 0.3) is 0 Å². The number of rotatable bonds is 8. The number of carbonyl (C=O) groups excluding carboxylic acids is 1. The maximum atomic E-state index is 12.0. The average molecular weight is 399 g/mol. The van der Waals surface area contributed by atoms with E-state index in [0.29, 0.717) is 29.7 Å². The van der Waals surface area contributed by atoms with Crippen LogP contribution in [0.15, 0.2) is 72.0 Å². The summed E-state index contributed by atoms with van der Waals surface area (Å²) in [6.07, 6.45) is 1.49. The van der Waals surface area contributed by atoms with E-state index in [9.17, 15) is 4.79 Å². The molecule has 0 atom stereocenters. The second kappa shape index (κ2) is 9.94. The molecule has 0 saturated carbocycles. The molecule has 2 N–H and O–H groups in total. The van der Waals surface area contributed by atoms with E-state index in [1.807, 2.05) is 60.7 Å². The molecule has 0 fully saturated rings. The van der Waals surface area contributed by atoms with Crippen LogP contribution >= 0.6 is 23.4 Å². The van der Waals surface area contributed by atoms with Gasteiger partial charge >= 0.3 is 0 Å². The first-order chi connectivity index (χ1) is 13.2. The van der Waals surface area contributed by atoms with Gasteiger partial charge in [0, 0.05) is 24.2 Å². The molecule has 0 aliphatic heterocycles. The molecular weight excluding hydrogens is 380 g/mol. The van der Waals surface area contributed by atoms with E-state index in [0.717, 1.165) is 16.2 Å². The van der Waals surface area contributed by atoms with E-state index in [4.69, 9.17) is 11.6 Å². The highest BCUT2D eigenvalue weighted by molar-refractivity contribution is 7.99. The van der Waals surface area contributed by atoms with Gasteiger partial charge in [-0.15, -0.1) is 0 Å².